The van der Waals surface area contributed by atoms with Crippen molar-refractivity contribution in [1.82, 2.24) is 0 Å². The molecule has 3 rings (SSSR count). The van der Waals surface area contributed by atoms with Gasteiger partial charge in [-0.25, -0.2) is 0 Å². The van der Waals surface area contributed by atoms with E-state index in [2.05, 4.69) is 29.2 Å². The number of carbonyl (C=O) groups is 1. The molecule has 0 N–H and O–H groups in total. The van der Waals surface area contributed by atoms with E-state index in [-0.39, 0.29) is 5.78 Å². The van der Waals surface area contributed by atoms with Gasteiger partial charge in [-0.3, -0.25) is 4.79 Å². The third kappa shape index (κ3) is 3.48. The Morgan fingerprint density at radius 3 is 2.41 bits per heavy atom. The van der Waals surface area contributed by atoms with E-state index in [1.54, 1.807) is 18.2 Å². The largest absolute Gasteiger partial charge is 0.458 e. The summed E-state index contributed by atoms with van der Waals surface area (Å²) < 4.78 is 5.32. The van der Waals surface area contributed by atoms with Crippen molar-refractivity contribution in [1.29, 1.82) is 0 Å². The van der Waals surface area contributed by atoms with Crippen LogP contribution in [0, 0.1) is 6.92 Å². The monoisotopic (exact) mass is 295 g/mol. The van der Waals surface area contributed by atoms with E-state index in [0.29, 0.717) is 5.76 Å². The van der Waals surface area contributed by atoms with Gasteiger partial charge in [-0.05, 0) is 62.1 Å². The Hall–Kier alpha value is -2.29. The molecule has 0 amide bonds. The summed E-state index contributed by atoms with van der Waals surface area (Å²) in [5, 5.41) is 0. The number of piperidine rings is 1. The molecule has 0 bridgehead atoms. The maximum absolute atomic E-state index is 12.0. The molecule has 0 unspecified atom stereocenters. The van der Waals surface area contributed by atoms with E-state index in [4.69, 9.17) is 4.42 Å². The Balaban J connectivity index is 1.65. The molecule has 0 radical (unpaired) electrons. The molecule has 1 aromatic carbocycles. The van der Waals surface area contributed by atoms with Crippen LogP contribution in [0.15, 0.2) is 46.9 Å². The minimum absolute atomic E-state index is 0.104. The zero-order chi connectivity index (χ0) is 15.4. The van der Waals surface area contributed by atoms with Gasteiger partial charge in [-0.1, -0.05) is 18.2 Å². The van der Waals surface area contributed by atoms with E-state index in [1.165, 1.54) is 24.9 Å². The van der Waals surface area contributed by atoms with Crippen molar-refractivity contribution in [3.05, 3.63) is 59.6 Å². The first-order valence-corrected chi connectivity index (χ1v) is 7.86. The molecule has 3 nitrogen and oxygen atoms in total. The van der Waals surface area contributed by atoms with Crippen molar-refractivity contribution in [2.45, 2.75) is 26.2 Å². The van der Waals surface area contributed by atoms with Crippen LogP contribution in [0.25, 0.3) is 6.08 Å². The highest BCUT2D eigenvalue weighted by Crippen LogP contribution is 2.20. The minimum Gasteiger partial charge on any atom is -0.458 e. The number of nitrogens with zero attached hydrogens (tertiary/aromatic N) is 1. The molecule has 0 saturated carbocycles. The molecule has 0 spiro atoms. The molecule has 0 atom stereocenters. The molecule has 114 valence electrons. The van der Waals surface area contributed by atoms with Crippen molar-refractivity contribution < 1.29 is 9.21 Å². The number of aryl methyl sites for hydroxylation is 1. The number of carbonyl (C=O) groups excluding carboxylic acids is 1. The molecule has 1 aliphatic rings. The smallest absolute Gasteiger partial charge is 0.221 e. The van der Waals surface area contributed by atoms with E-state index in [9.17, 15) is 4.79 Å². The van der Waals surface area contributed by atoms with Crippen LogP contribution in [-0.4, -0.2) is 18.9 Å². The fourth-order valence-electron chi connectivity index (χ4n) is 2.77. The third-order valence-electron chi connectivity index (χ3n) is 4.02. The predicted molar refractivity (Wildman–Crippen MR) is 89.3 cm³/mol. The van der Waals surface area contributed by atoms with Crippen LogP contribution in [-0.2, 0) is 0 Å². The van der Waals surface area contributed by atoms with Crippen molar-refractivity contribution in [2.24, 2.45) is 0 Å². The van der Waals surface area contributed by atoms with Gasteiger partial charge in [-0.2, -0.15) is 0 Å². The topological polar surface area (TPSA) is 33.5 Å². The molecule has 2 aromatic rings. The summed E-state index contributed by atoms with van der Waals surface area (Å²) in [5.74, 6) is 1.04. The second-order valence-corrected chi connectivity index (χ2v) is 5.75. The number of furan rings is 1. The van der Waals surface area contributed by atoms with Crippen molar-refractivity contribution in [3.8, 4) is 0 Å². The highest BCUT2D eigenvalue weighted by Gasteiger charge is 2.10. The maximum atomic E-state index is 12.0. The molecular formula is C19H21NO2. The van der Waals surface area contributed by atoms with Gasteiger partial charge in [0.05, 0.1) is 0 Å². The molecule has 22 heavy (non-hydrogen) atoms. The van der Waals surface area contributed by atoms with Gasteiger partial charge in [-0.15, -0.1) is 0 Å². The normalized spacial score (nSPS) is 15.4. The summed E-state index contributed by atoms with van der Waals surface area (Å²) in [7, 11) is 0. The quantitative estimate of drug-likeness (QED) is 0.616. The van der Waals surface area contributed by atoms with Gasteiger partial charge in [0.15, 0.2) is 5.76 Å². The molecule has 1 aliphatic heterocycles. The Morgan fingerprint density at radius 1 is 1.05 bits per heavy atom. The van der Waals surface area contributed by atoms with Crippen molar-refractivity contribution in [2.75, 3.05) is 18.0 Å². The maximum Gasteiger partial charge on any atom is 0.221 e. The lowest BCUT2D eigenvalue weighted by Crippen LogP contribution is -2.29. The van der Waals surface area contributed by atoms with Crippen molar-refractivity contribution >= 4 is 17.5 Å². The van der Waals surface area contributed by atoms with Gasteiger partial charge < -0.3 is 9.32 Å². The second-order valence-electron chi connectivity index (χ2n) is 5.75. The van der Waals surface area contributed by atoms with Gasteiger partial charge in [0.2, 0.25) is 5.78 Å². The summed E-state index contributed by atoms with van der Waals surface area (Å²) in [6.45, 7) is 4.12. The zero-order valence-corrected chi connectivity index (χ0v) is 12.9. The Bertz CT molecular complexity index is 661. The van der Waals surface area contributed by atoms with Crippen LogP contribution in [0.4, 0.5) is 5.69 Å². The van der Waals surface area contributed by atoms with Crippen molar-refractivity contribution in [3.63, 3.8) is 0 Å². The van der Waals surface area contributed by atoms with Gasteiger partial charge in [0.1, 0.15) is 5.76 Å². The average molecular weight is 295 g/mol. The van der Waals surface area contributed by atoms with Crippen LogP contribution in [0.2, 0.25) is 0 Å². The minimum atomic E-state index is -0.104. The Labute approximate surface area is 131 Å². The number of benzene rings is 1. The molecular weight excluding hydrogens is 274 g/mol. The third-order valence-corrected chi connectivity index (χ3v) is 4.02. The van der Waals surface area contributed by atoms with Crippen LogP contribution < -0.4 is 4.90 Å². The number of hydrogen-bond acceptors (Lipinski definition) is 3. The lowest BCUT2D eigenvalue weighted by Gasteiger charge is -2.28. The Morgan fingerprint density at radius 2 is 1.77 bits per heavy atom. The summed E-state index contributed by atoms with van der Waals surface area (Å²) in [5.41, 5.74) is 2.29. The fourth-order valence-corrected chi connectivity index (χ4v) is 2.77. The number of allylic oxidation sites excluding steroid dienone is 1. The first-order chi connectivity index (χ1) is 10.7. The van der Waals surface area contributed by atoms with Gasteiger partial charge in [0, 0.05) is 18.8 Å². The molecule has 1 saturated heterocycles. The summed E-state index contributed by atoms with van der Waals surface area (Å²) in [6, 6.07) is 11.9. The first-order valence-electron chi connectivity index (χ1n) is 7.86. The summed E-state index contributed by atoms with van der Waals surface area (Å²) in [4.78, 5) is 14.4. The molecule has 1 fully saturated rings. The zero-order valence-electron chi connectivity index (χ0n) is 12.9. The van der Waals surface area contributed by atoms with Crippen LogP contribution in [0.1, 0.15) is 41.1 Å². The van der Waals surface area contributed by atoms with Crippen LogP contribution >= 0.6 is 0 Å². The lowest BCUT2D eigenvalue weighted by atomic mass is 10.1. The standard InChI is InChI=1S/C19H21NO2/c1-15-5-12-19(22-15)18(21)11-8-16-6-9-17(10-7-16)20-13-3-2-4-14-20/h5-12H,2-4,13-14H2,1H3/b11-8+. The lowest BCUT2D eigenvalue weighted by molar-refractivity contribution is 0.102. The van der Waals surface area contributed by atoms with E-state index < -0.39 is 0 Å². The van der Waals surface area contributed by atoms with E-state index in [0.717, 1.165) is 24.4 Å². The predicted octanol–water partition coefficient (Wildman–Crippen LogP) is 4.47. The number of hydrogen-bond donors (Lipinski definition) is 0. The Kier molecular flexibility index (Phi) is 4.42. The van der Waals surface area contributed by atoms with Gasteiger partial charge in [0.25, 0.3) is 0 Å². The summed E-state index contributed by atoms with van der Waals surface area (Å²) >= 11 is 0. The second kappa shape index (κ2) is 6.65. The van der Waals surface area contributed by atoms with E-state index in [1.807, 2.05) is 13.0 Å². The highest BCUT2D eigenvalue weighted by atomic mass is 16.3. The number of rotatable bonds is 4. The molecule has 2 heterocycles. The molecule has 1 aromatic heterocycles. The van der Waals surface area contributed by atoms with Crippen LogP contribution in [0.5, 0.6) is 0 Å². The fraction of sp³-hybridized carbons (Fsp3) is 0.316. The summed E-state index contributed by atoms with van der Waals surface area (Å²) in [6.07, 6.45) is 7.29. The number of ketones is 1. The SMILES string of the molecule is Cc1ccc(C(=O)/C=C/c2ccc(N3CCCCC3)cc2)o1. The molecule has 0 aliphatic carbocycles. The van der Waals surface area contributed by atoms with E-state index >= 15 is 0 Å². The average Bonchev–Trinajstić information content (AvgIpc) is 3.00. The number of anilines is 1. The van der Waals surface area contributed by atoms with Crippen LogP contribution in [0.3, 0.4) is 0 Å². The first kappa shape index (κ1) is 14.6. The highest BCUT2D eigenvalue weighted by molar-refractivity contribution is 6.04. The van der Waals surface area contributed by atoms with Gasteiger partial charge >= 0.3 is 0 Å². The molecule has 3 heteroatoms.